The molecule has 1 N–H and O–H groups in total. The summed E-state index contributed by atoms with van der Waals surface area (Å²) in [4.78, 5) is 4.56. The molecule has 1 aromatic carbocycles. The van der Waals surface area contributed by atoms with Crippen LogP contribution in [0.2, 0.25) is 0 Å². The quantitative estimate of drug-likeness (QED) is 0.755. The summed E-state index contributed by atoms with van der Waals surface area (Å²) in [5.41, 5.74) is 1.08. The van der Waals surface area contributed by atoms with E-state index in [4.69, 9.17) is 0 Å². The second kappa shape index (κ2) is 6.36. The molecular weight excluding hydrogens is 296 g/mol. The number of hydrogen-bond acceptors (Lipinski definition) is 3. The summed E-state index contributed by atoms with van der Waals surface area (Å²) in [6.07, 6.45) is 5.15. The highest BCUT2D eigenvalue weighted by atomic mass is 79.9. The molecule has 92 valence electrons. The van der Waals surface area contributed by atoms with E-state index in [2.05, 4.69) is 45.3 Å². The van der Waals surface area contributed by atoms with Gasteiger partial charge in [-0.1, -0.05) is 53.5 Å². The van der Waals surface area contributed by atoms with Crippen LogP contribution in [0.3, 0.4) is 0 Å². The molecule has 0 bridgehead atoms. The lowest BCUT2D eigenvalue weighted by atomic mass is 10.2. The van der Waals surface area contributed by atoms with Gasteiger partial charge in [0.15, 0.2) is 5.13 Å². The molecule has 2 aromatic rings. The molecule has 0 fully saturated rings. The zero-order chi connectivity index (χ0) is 12.1. The minimum atomic E-state index is 1.03. The SMILES string of the molecule is CCCCCCNc1nc2ccc(Br)cc2s1. The van der Waals surface area contributed by atoms with Gasteiger partial charge in [0.05, 0.1) is 10.2 Å². The summed E-state index contributed by atoms with van der Waals surface area (Å²) in [6.45, 7) is 3.26. The third-order valence-corrected chi connectivity index (χ3v) is 4.13. The first-order valence-electron chi connectivity index (χ1n) is 6.09. The molecule has 0 saturated carbocycles. The summed E-state index contributed by atoms with van der Waals surface area (Å²) in [7, 11) is 0. The average molecular weight is 313 g/mol. The summed E-state index contributed by atoms with van der Waals surface area (Å²) >= 11 is 5.20. The standard InChI is InChI=1S/C13H17BrN2S/c1-2-3-4-5-8-15-13-16-11-7-6-10(14)9-12(11)17-13/h6-7,9H,2-5,8H2,1H3,(H,15,16). The lowest BCUT2D eigenvalue weighted by Crippen LogP contribution is -2.00. The Balaban J connectivity index is 1.91. The van der Waals surface area contributed by atoms with Crippen molar-refractivity contribution in [3.05, 3.63) is 22.7 Å². The van der Waals surface area contributed by atoms with Crippen LogP contribution in [0.1, 0.15) is 32.6 Å². The number of nitrogens with one attached hydrogen (secondary N) is 1. The van der Waals surface area contributed by atoms with Crippen LogP contribution in [0.25, 0.3) is 10.2 Å². The Hall–Kier alpha value is -0.610. The van der Waals surface area contributed by atoms with Gasteiger partial charge < -0.3 is 5.32 Å². The average Bonchev–Trinajstić information content (AvgIpc) is 2.70. The number of benzene rings is 1. The van der Waals surface area contributed by atoms with Crippen molar-refractivity contribution in [1.29, 1.82) is 0 Å². The van der Waals surface area contributed by atoms with E-state index in [1.807, 2.05) is 6.07 Å². The molecule has 0 spiro atoms. The fourth-order valence-electron chi connectivity index (χ4n) is 1.72. The molecule has 17 heavy (non-hydrogen) atoms. The molecular formula is C13H17BrN2S. The highest BCUT2D eigenvalue weighted by molar-refractivity contribution is 9.10. The molecule has 1 heterocycles. The second-order valence-corrected chi connectivity index (χ2v) is 6.06. The smallest absolute Gasteiger partial charge is 0.183 e. The van der Waals surface area contributed by atoms with Gasteiger partial charge in [-0.2, -0.15) is 0 Å². The molecule has 4 heteroatoms. The van der Waals surface area contributed by atoms with E-state index in [1.54, 1.807) is 11.3 Å². The van der Waals surface area contributed by atoms with Gasteiger partial charge in [0.1, 0.15) is 0 Å². The molecule has 0 aliphatic heterocycles. The number of nitrogens with zero attached hydrogens (tertiary/aromatic N) is 1. The van der Waals surface area contributed by atoms with Crippen LogP contribution in [0, 0.1) is 0 Å². The number of anilines is 1. The highest BCUT2D eigenvalue weighted by Crippen LogP contribution is 2.28. The molecule has 0 amide bonds. The number of thiazole rings is 1. The first-order valence-corrected chi connectivity index (χ1v) is 7.70. The van der Waals surface area contributed by atoms with Crippen molar-refractivity contribution in [2.75, 3.05) is 11.9 Å². The maximum atomic E-state index is 4.56. The van der Waals surface area contributed by atoms with Crippen LogP contribution in [0.15, 0.2) is 22.7 Å². The van der Waals surface area contributed by atoms with Crippen molar-refractivity contribution in [1.82, 2.24) is 4.98 Å². The fourth-order valence-corrected chi connectivity index (χ4v) is 3.16. The molecule has 0 saturated heterocycles. The fraction of sp³-hybridized carbons (Fsp3) is 0.462. The van der Waals surface area contributed by atoms with Crippen LogP contribution in [0.5, 0.6) is 0 Å². The van der Waals surface area contributed by atoms with Crippen molar-refractivity contribution >= 4 is 42.6 Å². The van der Waals surface area contributed by atoms with Crippen LogP contribution in [-0.2, 0) is 0 Å². The summed E-state index contributed by atoms with van der Waals surface area (Å²) in [5, 5.41) is 4.44. The number of halogens is 1. The predicted octanol–water partition coefficient (Wildman–Crippen LogP) is 5.05. The van der Waals surface area contributed by atoms with E-state index in [0.717, 1.165) is 21.7 Å². The Labute approximate surface area is 115 Å². The van der Waals surface area contributed by atoms with Crippen molar-refractivity contribution in [3.63, 3.8) is 0 Å². The number of fused-ring (bicyclic) bond motifs is 1. The molecule has 0 aliphatic carbocycles. The maximum absolute atomic E-state index is 4.56. The zero-order valence-electron chi connectivity index (χ0n) is 10.0. The van der Waals surface area contributed by atoms with Gasteiger partial charge in [-0.15, -0.1) is 0 Å². The van der Waals surface area contributed by atoms with E-state index in [1.165, 1.54) is 30.4 Å². The molecule has 0 atom stereocenters. The van der Waals surface area contributed by atoms with E-state index in [0.29, 0.717) is 0 Å². The third-order valence-electron chi connectivity index (χ3n) is 2.66. The summed E-state index contributed by atoms with van der Waals surface area (Å²) in [5.74, 6) is 0. The lowest BCUT2D eigenvalue weighted by molar-refractivity contribution is 0.685. The van der Waals surface area contributed by atoms with Gasteiger partial charge in [0, 0.05) is 11.0 Å². The van der Waals surface area contributed by atoms with Crippen molar-refractivity contribution in [2.45, 2.75) is 32.6 Å². The summed E-state index contributed by atoms with van der Waals surface area (Å²) in [6, 6.07) is 6.21. The van der Waals surface area contributed by atoms with Crippen LogP contribution in [0.4, 0.5) is 5.13 Å². The van der Waals surface area contributed by atoms with Crippen LogP contribution >= 0.6 is 27.3 Å². The van der Waals surface area contributed by atoms with Gasteiger partial charge in [-0.05, 0) is 24.6 Å². The van der Waals surface area contributed by atoms with E-state index in [-0.39, 0.29) is 0 Å². The lowest BCUT2D eigenvalue weighted by Gasteiger charge is -2.00. The van der Waals surface area contributed by atoms with E-state index in [9.17, 15) is 0 Å². The largest absolute Gasteiger partial charge is 0.361 e. The summed E-state index contributed by atoms with van der Waals surface area (Å²) < 4.78 is 2.35. The molecule has 2 rings (SSSR count). The molecule has 1 aromatic heterocycles. The topological polar surface area (TPSA) is 24.9 Å². The predicted molar refractivity (Wildman–Crippen MR) is 80.0 cm³/mol. The number of aromatic nitrogens is 1. The Bertz CT molecular complexity index is 481. The van der Waals surface area contributed by atoms with Gasteiger partial charge in [0.2, 0.25) is 0 Å². The van der Waals surface area contributed by atoms with Crippen molar-refractivity contribution < 1.29 is 0 Å². The molecule has 0 aliphatic rings. The molecule has 0 radical (unpaired) electrons. The second-order valence-electron chi connectivity index (χ2n) is 4.12. The van der Waals surface area contributed by atoms with Crippen LogP contribution < -0.4 is 5.32 Å². The molecule has 0 unspecified atom stereocenters. The highest BCUT2D eigenvalue weighted by Gasteiger charge is 2.03. The Morgan fingerprint density at radius 2 is 2.18 bits per heavy atom. The van der Waals surface area contributed by atoms with Crippen molar-refractivity contribution in [3.8, 4) is 0 Å². The molecule has 2 nitrogen and oxygen atoms in total. The normalized spacial score (nSPS) is 10.9. The minimum Gasteiger partial charge on any atom is -0.361 e. The third kappa shape index (κ3) is 3.68. The van der Waals surface area contributed by atoms with E-state index >= 15 is 0 Å². The number of unbranched alkanes of at least 4 members (excludes halogenated alkanes) is 3. The van der Waals surface area contributed by atoms with Gasteiger partial charge in [-0.3, -0.25) is 0 Å². The first-order chi connectivity index (χ1) is 8.29. The minimum absolute atomic E-state index is 1.03. The van der Waals surface area contributed by atoms with Gasteiger partial charge in [0.25, 0.3) is 0 Å². The van der Waals surface area contributed by atoms with Gasteiger partial charge in [-0.25, -0.2) is 4.98 Å². The Morgan fingerprint density at radius 3 is 3.00 bits per heavy atom. The maximum Gasteiger partial charge on any atom is 0.183 e. The number of hydrogen-bond donors (Lipinski definition) is 1. The van der Waals surface area contributed by atoms with Crippen LogP contribution in [-0.4, -0.2) is 11.5 Å². The van der Waals surface area contributed by atoms with Crippen molar-refractivity contribution in [2.24, 2.45) is 0 Å². The Kier molecular flexibility index (Phi) is 4.80. The first kappa shape index (κ1) is 12.8. The Morgan fingerprint density at radius 1 is 1.29 bits per heavy atom. The number of rotatable bonds is 6. The van der Waals surface area contributed by atoms with E-state index < -0.39 is 0 Å². The zero-order valence-corrected chi connectivity index (χ0v) is 12.4. The van der Waals surface area contributed by atoms with Gasteiger partial charge >= 0.3 is 0 Å². The monoisotopic (exact) mass is 312 g/mol.